The molecule has 132 valence electrons. The van der Waals surface area contributed by atoms with E-state index in [1.54, 1.807) is 19.2 Å². The second-order valence-corrected chi connectivity index (χ2v) is 6.06. The lowest BCUT2D eigenvalue weighted by Crippen LogP contribution is -2.16. The number of anilines is 2. The Hall–Kier alpha value is -3.28. The van der Waals surface area contributed by atoms with Gasteiger partial charge in [-0.15, -0.1) is 0 Å². The molecule has 0 aliphatic carbocycles. The molecule has 1 aromatic carbocycles. The summed E-state index contributed by atoms with van der Waals surface area (Å²) in [7, 11) is 0. The first-order chi connectivity index (χ1) is 12.5. The van der Waals surface area contributed by atoms with Crippen molar-refractivity contribution in [2.75, 3.05) is 10.6 Å². The van der Waals surface area contributed by atoms with Crippen LogP contribution in [0.3, 0.4) is 0 Å². The lowest BCUT2D eigenvalue weighted by molar-refractivity contribution is 0.102. The third-order valence-electron chi connectivity index (χ3n) is 4.10. The molecule has 26 heavy (non-hydrogen) atoms. The number of aromatic nitrogens is 3. The van der Waals surface area contributed by atoms with Crippen LogP contribution < -0.4 is 10.6 Å². The molecule has 0 saturated carbocycles. The first-order valence-electron chi connectivity index (χ1n) is 8.40. The second kappa shape index (κ2) is 7.74. The van der Waals surface area contributed by atoms with E-state index in [2.05, 4.69) is 25.6 Å². The van der Waals surface area contributed by atoms with Crippen LogP contribution in [-0.4, -0.2) is 20.9 Å². The van der Waals surface area contributed by atoms with Crippen molar-refractivity contribution in [3.05, 3.63) is 77.0 Å². The Labute approximate surface area is 152 Å². The lowest BCUT2D eigenvalue weighted by atomic mass is 10.1. The van der Waals surface area contributed by atoms with Gasteiger partial charge in [-0.25, -0.2) is 9.97 Å². The zero-order valence-corrected chi connectivity index (χ0v) is 15.1. The molecule has 3 rings (SSSR count). The molecule has 6 nitrogen and oxygen atoms in total. The van der Waals surface area contributed by atoms with Crippen molar-refractivity contribution >= 4 is 17.4 Å². The number of rotatable bonds is 5. The first-order valence-corrected chi connectivity index (χ1v) is 8.40. The van der Waals surface area contributed by atoms with Crippen LogP contribution in [0.2, 0.25) is 0 Å². The zero-order chi connectivity index (χ0) is 18.5. The summed E-state index contributed by atoms with van der Waals surface area (Å²) in [6, 6.07) is 13.2. The molecular formula is C20H21N5O. The van der Waals surface area contributed by atoms with Crippen LogP contribution in [0, 0.1) is 20.8 Å². The number of carbonyl (C=O) groups is 1. The molecule has 0 fully saturated rings. The van der Waals surface area contributed by atoms with Crippen molar-refractivity contribution in [1.29, 1.82) is 0 Å². The molecule has 0 aliphatic heterocycles. The molecule has 0 atom stereocenters. The van der Waals surface area contributed by atoms with Crippen LogP contribution in [-0.2, 0) is 6.54 Å². The molecule has 6 heteroatoms. The average Bonchev–Trinajstić information content (AvgIpc) is 2.64. The van der Waals surface area contributed by atoms with E-state index in [0.717, 1.165) is 22.5 Å². The quantitative estimate of drug-likeness (QED) is 0.736. The first kappa shape index (κ1) is 17.5. The number of amides is 1. The molecule has 0 bridgehead atoms. The van der Waals surface area contributed by atoms with Gasteiger partial charge < -0.3 is 10.6 Å². The number of hydrogen-bond donors (Lipinski definition) is 2. The lowest BCUT2D eigenvalue weighted by Gasteiger charge is -2.11. The predicted molar refractivity (Wildman–Crippen MR) is 102 cm³/mol. The summed E-state index contributed by atoms with van der Waals surface area (Å²) >= 11 is 0. The second-order valence-electron chi connectivity index (χ2n) is 6.06. The Morgan fingerprint density at radius 3 is 2.65 bits per heavy atom. The molecule has 3 aromatic rings. The van der Waals surface area contributed by atoms with E-state index in [-0.39, 0.29) is 5.91 Å². The highest BCUT2D eigenvalue weighted by molar-refractivity contribution is 6.03. The molecule has 2 aromatic heterocycles. The summed E-state index contributed by atoms with van der Waals surface area (Å²) in [5.74, 6) is 0.862. The van der Waals surface area contributed by atoms with Crippen LogP contribution >= 0.6 is 0 Å². The Bertz CT molecular complexity index is 925. The summed E-state index contributed by atoms with van der Waals surface area (Å²) in [6.45, 7) is 6.28. The fraction of sp³-hybridized carbons (Fsp3) is 0.200. The predicted octanol–water partition coefficient (Wildman–Crippen LogP) is 3.66. The van der Waals surface area contributed by atoms with Gasteiger partial charge in [0.1, 0.15) is 17.3 Å². The summed E-state index contributed by atoms with van der Waals surface area (Å²) in [5, 5.41) is 6.11. The highest BCUT2D eigenvalue weighted by Gasteiger charge is 2.12. The van der Waals surface area contributed by atoms with E-state index in [0.29, 0.717) is 23.9 Å². The van der Waals surface area contributed by atoms with Gasteiger partial charge in [0.25, 0.3) is 5.91 Å². The van der Waals surface area contributed by atoms with Gasteiger partial charge >= 0.3 is 0 Å². The van der Waals surface area contributed by atoms with Crippen LogP contribution in [0.25, 0.3) is 0 Å². The maximum atomic E-state index is 12.6. The molecule has 0 saturated heterocycles. The summed E-state index contributed by atoms with van der Waals surface area (Å²) < 4.78 is 0. The standard InChI is InChI=1S/C20H21N5O/c1-13-7-6-9-17(14(13)2)25-20(26)18-11-19(24-15(3)23-18)22-12-16-8-4-5-10-21-16/h4-11H,12H2,1-3H3,(H,25,26)(H,22,23,24). The summed E-state index contributed by atoms with van der Waals surface area (Å²) in [6.07, 6.45) is 1.74. The van der Waals surface area contributed by atoms with Gasteiger partial charge in [-0.05, 0) is 50.1 Å². The topological polar surface area (TPSA) is 79.8 Å². The number of hydrogen-bond acceptors (Lipinski definition) is 5. The number of benzene rings is 1. The number of aryl methyl sites for hydroxylation is 2. The summed E-state index contributed by atoms with van der Waals surface area (Å²) in [5.41, 5.74) is 4.17. The van der Waals surface area contributed by atoms with Gasteiger partial charge in [-0.2, -0.15) is 0 Å². The van der Waals surface area contributed by atoms with Crippen molar-refractivity contribution < 1.29 is 4.79 Å². The van der Waals surface area contributed by atoms with Gasteiger partial charge in [-0.3, -0.25) is 9.78 Å². The fourth-order valence-corrected chi connectivity index (χ4v) is 2.53. The smallest absolute Gasteiger partial charge is 0.274 e. The van der Waals surface area contributed by atoms with E-state index in [9.17, 15) is 4.79 Å². The van der Waals surface area contributed by atoms with Gasteiger partial charge in [0.05, 0.1) is 12.2 Å². The van der Waals surface area contributed by atoms with Crippen LogP contribution in [0.4, 0.5) is 11.5 Å². The monoisotopic (exact) mass is 347 g/mol. The van der Waals surface area contributed by atoms with E-state index < -0.39 is 0 Å². The average molecular weight is 347 g/mol. The Kier molecular flexibility index (Phi) is 5.22. The molecule has 0 spiro atoms. The molecule has 2 heterocycles. The van der Waals surface area contributed by atoms with Crippen molar-refractivity contribution in [3.63, 3.8) is 0 Å². The molecule has 0 radical (unpaired) electrons. The number of nitrogens with one attached hydrogen (secondary N) is 2. The normalized spacial score (nSPS) is 10.4. The van der Waals surface area contributed by atoms with Crippen molar-refractivity contribution in [2.45, 2.75) is 27.3 Å². The molecule has 0 unspecified atom stereocenters. The minimum Gasteiger partial charge on any atom is -0.364 e. The molecular weight excluding hydrogens is 326 g/mol. The van der Waals surface area contributed by atoms with E-state index in [4.69, 9.17) is 0 Å². The summed E-state index contributed by atoms with van der Waals surface area (Å²) in [4.78, 5) is 25.5. The van der Waals surface area contributed by atoms with E-state index in [1.807, 2.05) is 50.2 Å². The Balaban J connectivity index is 1.76. The number of nitrogens with zero attached hydrogens (tertiary/aromatic N) is 3. The van der Waals surface area contributed by atoms with Crippen LogP contribution in [0.1, 0.15) is 33.1 Å². The van der Waals surface area contributed by atoms with Crippen LogP contribution in [0.5, 0.6) is 0 Å². The van der Waals surface area contributed by atoms with E-state index >= 15 is 0 Å². The SMILES string of the molecule is Cc1nc(NCc2ccccn2)cc(C(=O)Nc2cccc(C)c2C)n1. The molecule has 1 amide bonds. The van der Waals surface area contributed by atoms with Gasteiger partial charge in [0.15, 0.2) is 0 Å². The third kappa shape index (κ3) is 4.22. The Morgan fingerprint density at radius 2 is 1.88 bits per heavy atom. The van der Waals surface area contributed by atoms with Crippen molar-refractivity contribution in [1.82, 2.24) is 15.0 Å². The maximum absolute atomic E-state index is 12.6. The zero-order valence-electron chi connectivity index (χ0n) is 15.1. The van der Waals surface area contributed by atoms with E-state index in [1.165, 1.54) is 0 Å². The largest absolute Gasteiger partial charge is 0.364 e. The fourth-order valence-electron chi connectivity index (χ4n) is 2.53. The minimum absolute atomic E-state index is 0.259. The highest BCUT2D eigenvalue weighted by atomic mass is 16.1. The van der Waals surface area contributed by atoms with Gasteiger partial charge in [-0.1, -0.05) is 18.2 Å². The Morgan fingerprint density at radius 1 is 1.04 bits per heavy atom. The maximum Gasteiger partial charge on any atom is 0.274 e. The van der Waals surface area contributed by atoms with Crippen molar-refractivity contribution in [3.8, 4) is 0 Å². The third-order valence-corrected chi connectivity index (χ3v) is 4.10. The van der Waals surface area contributed by atoms with Crippen LogP contribution in [0.15, 0.2) is 48.7 Å². The van der Waals surface area contributed by atoms with Crippen molar-refractivity contribution in [2.24, 2.45) is 0 Å². The molecule has 2 N–H and O–H groups in total. The highest BCUT2D eigenvalue weighted by Crippen LogP contribution is 2.19. The van der Waals surface area contributed by atoms with Gasteiger partial charge in [0.2, 0.25) is 0 Å². The number of carbonyl (C=O) groups excluding carboxylic acids is 1. The number of pyridine rings is 1. The minimum atomic E-state index is -0.259. The van der Waals surface area contributed by atoms with Gasteiger partial charge in [0, 0.05) is 18.0 Å². The molecule has 0 aliphatic rings.